The van der Waals surface area contributed by atoms with E-state index in [2.05, 4.69) is 32.6 Å². The van der Waals surface area contributed by atoms with Gasteiger partial charge in [-0.1, -0.05) is 28.9 Å². The first-order valence-corrected chi connectivity index (χ1v) is 8.96. The second-order valence-corrected chi connectivity index (χ2v) is 6.72. The maximum Gasteiger partial charge on any atom is 0.227 e. The van der Waals surface area contributed by atoms with Crippen LogP contribution in [-0.2, 0) is 25.7 Å². The summed E-state index contributed by atoms with van der Waals surface area (Å²) in [4.78, 5) is 9.06. The van der Waals surface area contributed by atoms with Gasteiger partial charge in [-0.3, -0.25) is 0 Å². The maximum absolute atomic E-state index is 13.9. The highest BCUT2D eigenvalue weighted by Crippen LogP contribution is 2.20. The highest BCUT2D eigenvalue weighted by atomic mass is 19.1. The Labute approximate surface area is 151 Å². The van der Waals surface area contributed by atoms with Crippen LogP contribution in [0.1, 0.15) is 40.5 Å². The smallest absolute Gasteiger partial charge is 0.227 e. The van der Waals surface area contributed by atoms with Crippen molar-refractivity contribution in [1.29, 1.82) is 0 Å². The van der Waals surface area contributed by atoms with Crippen molar-refractivity contribution < 1.29 is 8.91 Å². The zero-order valence-electron chi connectivity index (χ0n) is 14.8. The van der Waals surface area contributed by atoms with Gasteiger partial charge in [-0.25, -0.2) is 9.37 Å². The van der Waals surface area contributed by atoms with Gasteiger partial charge in [0.15, 0.2) is 5.82 Å². The second-order valence-electron chi connectivity index (χ2n) is 6.72. The number of fused-ring (bicyclic) bond motifs is 1. The average molecular weight is 352 g/mol. The van der Waals surface area contributed by atoms with E-state index in [-0.39, 0.29) is 5.82 Å². The standard InChI is InChI=1S/C20H21FN4O/c1-13-4-8-17(21)15(11-13)12-18-24-19(26-25-18)9-7-16-6-5-14-3-2-10-22-20(14)23-16/h4-6,8,11H,2-3,7,9-10,12H2,1H3,(H,22,23). The van der Waals surface area contributed by atoms with Crippen LogP contribution in [-0.4, -0.2) is 21.7 Å². The number of aromatic nitrogens is 3. The van der Waals surface area contributed by atoms with Crippen molar-refractivity contribution in [1.82, 2.24) is 15.1 Å². The van der Waals surface area contributed by atoms with E-state index in [1.807, 2.05) is 13.0 Å². The fourth-order valence-corrected chi connectivity index (χ4v) is 3.22. The molecule has 0 saturated carbocycles. The predicted octanol–water partition coefficient (Wildman–Crippen LogP) is 3.65. The summed E-state index contributed by atoms with van der Waals surface area (Å²) >= 11 is 0. The highest BCUT2D eigenvalue weighted by Gasteiger charge is 2.13. The molecule has 0 amide bonds. The lowest BCUT2D eigenvalue weighted by Gasteiger charge is -2.17. The molecule has 0 unspecified atom stereocenters. The van der Waals surface area contributed by atoms with E-state index in [9.17, 15) is 4.39 Å². The Morgan fingerprint density at radius 2 is 2.08 bits per heavy atom. The van der Waals surface area contributed by atoms with Crippen molar-refractivity contribution in [3.8, 4) is 0 Å². The van der Waals surface area contributed by atoms with Crippen molar-refractivity contribution in [2.75, 3.05) is 11.9 Å². The molecular formula is C20H21FN4O. The molecule has 1 N–H and O–H groups in total. The second kappa shape index (κ2) is 7.23. The highest BCUT2D eigenvalue weighted by molar-refractivity contribution is 5.47. The lowest BCUT2D eigenvalue weighted by molar-refractivity contribution is 0.373. The molecule has 0 aliphatic carbocycles. The van der Waals surface area contributed by atoms with Crippen molar-refractivity contribution >= 4 is 5.82 Å². The van der Waals surface area contributed by atoms with Crippen LogP contribution < -0.4 is 5.32 Å². The Morgan fingerprint density at radius 3 is 3.00 bits per heavy atom. The van der Waals surface area contributed by atoms with Crippen LogP contribution in [0.3, 0.4) is 0 Å². The molecule has 0 bridgehead atoms. The molecule has 0 saturated heterocycles. The van der Waals surface area contributed by atoms with Crippen LogP contribution >= 0.6 is 0 Å². The third-order valence-corrected chi connectivity index (χ3v) is 4.61. The number of aryl methyl sites for hydroxylation is 4. The number of benzene rings is 1. The summed E-state index contributed by atoms with van der Waals surface area (Å²) in [5.41, 5.74) is 3.87. The number of pyridine rings is 1. The largest absolute Gasteiger partial charge is 0.370 e. The van der Waals surface area contributed by atoms with E-state index in [1.165, 1.54) is 11.6 Å². The minimum atomic E-state index is -0.243. The van der Waals surface area contributed by atoms with Gasteiger partial charge < -0.3 is 9.84 Å². The number of nitrogens with one attached hydrogen (secondary N) is 1. The fraction of sp³-hybridized carbons (Fsp3) is 0.350. The summed E-state index contributed by atoms with van der Waals surface area (Å²) < 4.78 is 19.2. The van der Waals surface area contributed by atoms with Gasteiger partial charge >= 0.3 is 0 Å². The summed E-state index contributed by atoms with van der Waals surface area (Å²) in [7, 11) is 0. The first kappa shape index (κ1) is 16.7. The molecule has 2 aromatic heterocycles. The monoisotopic (exact) mass is 352 g/mol. The van der Waals surface area contributed by atoms with Crippen LogP contribution in [0.25, 0.3) is 0 Å². The summed E-state index contributed by atoms with van der Waals surface area (Å²) in [6.45, 7) is 2.91. The third-order valence-electron chi connectivity index (χ3n) is 4.61. The summed E-state index contributed by atoms with van der Waals surface area (Å²) in [6, 6.07) is 9.24. The summed E-state index contributed by atoms with van der Waals surface area (Å²) in [6.07, 6.45) is 3.92. The summed E-state index contributed by atoms with van der Waals surface area (Å²) in [5, 5.41) is 7.32. The Morgan fingerprint density at radius 1 is 1.15 bits per heavy atom. The average Bonchev–Trinajstić information content (AvgIpc) is 3.10. The van der Waals surface area contributed by atoms with E-state index in [0.717, 1.165) is 42.9 Å². The van der Waals surface area contributed by atoms with Crippen molar-refractivity contribution in [2.24, 2.45) is 0 Å². The van der Waals surface area contributed by atoms with Gasteiger partial charge in [0.25, 0.3) is 0 Å². The number of halogens is 1. The van der Waals surface area contributed by atoms with Crippen LogP contribution in [0, 0.1) is 12.7 Å². The zero-order valence-corrected chi connectivity index (χ0v) is 14.8. The molecule has 0 atom stereocenters. The van der Waals surface area contributed by atoms with Crippen LogP contribution in [0.4, 0.5) is 10.2 Å². The van der Waals surface area contributed by atoms with Crippen LogP contribution in [0.15, 0.2) is 34.9 Å². The third kappa shape index (κ3) is 3.74. The minimum absolute atomic E-state index is 0.243. The van der Waals surface area contributed by atoms with Gasteiger partial charge in [-0.2, -0.15) is 4.98 Å². The molecule has 3 heterocycles. The normalized spacial score (nSPS) is 13.3. The molecule has 1 aromatic carbocycles. The summed E-state index contributed by atoms with van der Waals surface area (Å²) in [5.74, 6) is 1.81. The lowest BCUT2D eigenvalue weighted by Crippen LogP contribution is -2.14. The fourth-order valence-electron chi connectivity index (χ4n) is 3.22. The zero-order chi connectivity index (χ0) is 17.9. The van der Waals surface area contributed by atoms with Gasteiger partial charge in [0, 0.05) is 25.1 Å². The molecule has 0 fully saturated rings. The number of hydrogen-bond acceptors (Lipinski definition) is 5. The molecule has 26 heavy (non-hydrogen) atoms. The molecule has 134 valence electrons. The molecule has 4 rings (SSSR count). The van der Waals surface area contributed by atoms with Gasteiger partial charge in [0.1, 0.15) is 11.6 Å². The first-order chi connectivity index (χ1) is 12.7. The maximum atomic E-state index is 13.9. The van der Waals surface area contributed by atoms with Gasteiger partial charge in [-0.15, -0.1) is 0 Å². The van der Waals surface area contributed by atoms with Gasteiger partial charge in [0.2, 0.25) is 5.89 Å². The first-order valence-electron chi connectivity index (χ1n) is 8.96. The molecule has 3 aromatic rings. The van der Waals surface area contributed by atoms with E-state index in [0.29, 0.717) is 30.1 Å². The quantitative estimate of drug-likeness (QED) is 0.759. The Balaban J connectivity index is 1.40. The number of rotatable bonds is 5. The molecule has 6 heteroatoms. The Bertz CT molecular complexity index is 922. The van der Waals surface area contributed by atoms with E-state index < -0.39 is 0 Å². The van der Waals surface area contributed by atoms with Crippen LogP contribution in [0.5, 0.6) is 0 Å². The molecule has 1 aliphatic rings. The predicted molar refractivity (Wildman–Crippen MR) is 96.7 cm³/mol. The van der Waals surface area contributed by atoms with Crippen molar-refractivity contribution in [3.63, 3.8) is 0 Å². The lowest BCUT2D eigenvalue weighted by atomic mass is 10.1. The minimum Gasteiger partial charge on any atom is -0.370 e. The molecule has 1 aliphatic heterocycles. The topological polar surface area (TPSA) is 63.8 Å². The van der Waals surface area contributed by atoms with E-state index in [4.69, 9.17) is 4.52 Å². The SMILES string of the molecule is Cc1ccc(F)c(Cc2noc(CCc3ccc4c(n3)NCCC4)n2)c1. The number of nitrogens with zero attached hydrogens (tertiary/aromatic N) is 3. The molecular weight excluding hydrogens is 331 g/mol. The Kier molecular flexibility index (Phi) is 4.65. The molecule has 0 radical (unpaired) electrons. The Hall–Kier alpha value is -2.76. The van der Waals surface area contributed by atoms with Gasteiger partial charge in [0.05, 0.1) is 0 Å². The number of anilines is 1. The van der Waals surface area contributed by atoms with Gasteiger partial charge in [-0.05, 0) is 49.4 Å². The number of hydrogen-bond donors (Lipinski definition) is 1. The molecule has 0 spiro atoms. The van der Waals surface area contributed by atoms with Crippen LogP contribution in [0.2, 0.25) is 0 Å². The molecule has 5 nitrogen and oxygen atoms in total. The van der Waals surface area contributed by atoms with Crippen molar-refractivity contribution in [3.05, 3.63) is 70.2 Å². The van der Waals surface area contributed by atoms with E-state index >= 15 is 0 Å². The van der Waals surface area contributed by atoms with E-state index in [1.54, 1.807) is 6.07 Å². The van der Waals surface area contributed by atoms with Crippen molar-refractivity contribution in [2.45, 2.75) is 39.0 Å².